The molecule has 14 heavy (non-hydrogen) atoms. The van der Waals surface area contributed by atoms with Gasteiger partial charge >= 0.3 is 0 Å². The van der Waals surface area contributed by atoms with Crippen molar-refractivity contribution in [2.45, 2.75) is 38.6 Å². The molecule has 2 heterocycles. The molecule has 1 aliphatic rings. The maximum atomic E-state index is 4.19. The molecule has 0 radical (unpaired) electrons. The summed E-state index contributed by atoms with van der Waals surface area (Å²) in [5, 5.41) is 9.26. The fraction of sp³-hybridized carbons (Fsp3) is 0.778. The highest BCUT2D eigenvalue weighted by Crippen LogP contribution is 2.30. The lowest BCUT2D eigenvalue weighted by Gasteiger charge is -2.34. The van der Waals surface area contributed by atoms with Crippen molar-refractivity contribution in [2.75, 3.05) is 11.4 Å². The molecule has 1 unspecified atom stereocenters. The fourth-order valence-corrected chi connectivity index (χ4v) is 3.18. The third kappa shape index (κ3) is 2.08. The maximum absolute atomic E-state index is 4.19. The summed E-state index contributed by atoms with van der Waals surface area (Å²) < 4.78 is 0.882. The van der Waals surface area contributed by atoms with E-state index < -0.39 is 0 Å². The highest BCUT2D eigenvalue weighted by Gasteiger charge is 2.23. The van der Waals surface area contributed by atoms with Crippen LogP contribution >= 0.6 is 27.3 Å². The highest BCUT2D eigenvalue weighted by molar-refractivity contribution is 9.11. The molecule has 1 aliphatic heterocycles. The minimum atomic E-state index is 0.670. The Bertz CT molecular complexity index is 302. The molecule has 0 bridgehead atoms. The normalized spacial score (nSPS) is 22.7. The van der Waals surface area contributed by atoms with Gasteiger partial charge in [-0.05, 0) is 41.6 Å². The van der Waals surface area contributed by atoms with Crippen molar-refractivity contribution in [2.24, 2.45) is 0 Å². The summed E-state index contributed by atoms with van der Waals surface area (Å²) in [7, 11) is 0. The second-order valence-corrected chi connectivity index (χ2v) is 5.82. The third-order valence-electron chi connectivity index (χ3n) is 2.73. The molecule has 0 aliphatic carbocycles. The first-order valence-electron chi connectivity index (χ1n) is 5.07. The molecule has 0 N–H and O–H groups in total. The molecule has 0 amide bonds. The Morgan fingerprint density at radius 3 is 3.00 bits per heavy atom. The van der Waals surface area contributed by atoms with Gasteiger partial charge in [-0.2, -0.15) is 0 Å². The summed E-state index contributed by atoms with van der Waals surface area (Å²) in [6, 6.07) is 0.670. The van der Waals surface area contributed by atoms with Crippen molar-refractivity contribution in [3.8, 4) is 0 Å². The van der Waals surface area contributed by atoms with Gasteiger partial charge in [0.2, 0.25) is 5.13 Å². The molecule has 78 valence electrons. The van der Waals surface area contributed by atoms with Crippen molar-refractivity contribution in [1.82, 2.24) is 10.2 Å². The van der Waals surface area contributed by atoms with Crippen LogP contribution in [-0.2, 0) is 0 Å². The zero-order chi connectivity index (χ0) is 9.97. The van der Waals surface area contributed by atoms with E-state index in [0.717, 1.165) is 15.6 Å². The van der Waals surface area contributed by atoms with E-state index in [1.165, 1.54) is 25.7 Å². The summed E-state index contributed by atoms with van der Waals surface area (Å²) >= 11 is 4.99. The van der Waals surface area contributed by atoms with Gasteiger partial charge in [-0.1, -0.05) is 18.3 Å². The second kappa shape index (κ2) is 4.57. The third-order valence-corrected chi connectivity index (χ3v) is 4.13. The average Bonchev–Trinajstić information content (AvgIpc) is 2.65. The molecule has 1 saturated heterocycles. The van der Waals surface area contributed by atoms with Gasteiger partial charge in [0.05, 0.1) is 0 Å². The molecule has 1 aromatic heterocycles. The lowest BCUT2D eigenvalue weighted by atomic mass is 10.0. The Kier molecular flexibility index (Phi) is 3.38. The molecular formula is C9H14BrN3S. The predicted molar refractivity (Wildman–Crippen MR) is 62.9 cm³/mol. The van der Waals surface area contributed by atoms with Gasteiger partial charge in [0.1, 0.15) is 0 Å². The Balaban J connectivity index is 2.14. The number of nitrogens with zero attached hydrogens (tertiary/aromatic N) is 3. The van der Waals surface area contributed by atoms with Crippen molar-refractivity contribution in [1.29, 1.82) is 0 Å². The lowest BCUT2D eigenvalue weighted by molar-refractivity contribution is 0.448. The quantitative estimate of drug-likeness (QED) is 0.831. The van der Waals surface area contributed by atoms with E-state index in [1.54, 1.807) is 11.3 Å². The van der Waals surface area contributed by atoms with Gasteiger partial charge in [-0.3, -0.25) is 0 Å². The van der Waals surface area contributed by atoms with Crippen LogP contribution in [0.5, 0.6) is 0 Å². The van der Waals surface area contributed by atoms with Crippen LogP contribution in [0.2, 0.25) is 0 Å². The van der Waals surface area contributed by atoms with Crippen LogP contribution in [0.1, 0.15) is 32.6 Å². The predicted octanol–water partition coefficient (Wildman–Crippen LogP) is 3.07. The molecule has 0 saturated carbocycles. The summed E-state index contributed by atoms with van der Waals surface area (Å²) in [5.41, 5.74) is 0. The standard InChI is InChI=1S/C9H14BrN3S/c1-2-7-5-3-4-6-13(7)9-12-11-8(10)14-9/h7H,2-6H2,1H3. The van der Waals surface area contributed by atoms with Gasteiger partial charge in [-0.15, -0.1) is 10.2 Å². The van der Waals surface area contributed by atoms with E-state index in [0.29, 0.717) is 6.04 Å². The van der Waals surface area contributed by atoms with E-state index in [1.807, 2.05) is 0 Å². The lowest BCUT2D eigenvalue weighted by Crippen LogP contribution is -2.39. The maximum Gasteiger partial charge on any atom is 0.209 e. The molecule has 5 heteroatoms. The van der Waals surface area contributed by atoms with E-state index in [-0.39, 0.29) is 0 Å². The van der Waals surface area contributed by atoms with Crippen molar-refractivity contribution in [3.63, 3.8) is 0 Å². The zero-order valence-electron chi connectivity index (χ0n) is 8.24. The molecular weight excluding hydrogens is 262 g/mol. The minimum absolute atomic E-state index is 0.670. The van der Waals surface area contributed by atoms with Crippen LogP contribution in [0, 0.1) is 0 Å². The van der Waals surface area contributed by atoms with Gasteiger partial charge in [-0.25, -0.2) is 0 Å². The van der Waals surface area contributed by atoms with E-state index >= 15 is 0 Å². The average molecular weight is 276 g/mol. The highest BCUT2D eigenvalue weighted by atomic mass is 79.9. The summed E-state index contributed by atoms with van der Waals surface area (Å²) in [6.07, 6.45) is 5.15. The monoisotopic (exact) mass is 275 g/mol. The smallest absolute Gasteiger partial charge is 0.209 e. The minimum Gasteiger partial charge on any atom is -0.344 e. The van der Waals surface area contributed by atoms with Crippen LogP contribution in [0.15, 0.2) is 3.92 Å². The Morgan fingerprint density at radius 2 is 2.36 bits per heavy atom. The number of halogens is 1. The summed E-state index contributed by atoms with van der Waals surface area (Å²) in [5.74, 6) is 0. The summed E-state index contributed by atoms with van der Waals surface area (Å²) in [6.45, 7) is 3.39. The van der Waals surface area contributed by atoms with Crippen molar-refractivity contribution >= 4 is 32.4 Å². The Hall–Kier alpha value is -0.160. The van der Waals surface area contributed by atoms with Crippen LogP contribution < -0.4 is 4.90 Å². The van der Waals surface area contributed by atoms with Gasteiger partial charge in [0.15, 0.2) is 3.92 Å². The molecule has 2 rings (SSSR count). The topological polar surface area (TPSA) is 29.0 Å². The molecule has 0 aromatic carbocycles. The largest absolute Gasteiger partial charge is 0.344 e. The number of rotatable bonds is 2. The van der Waals surface area contributed by atoms with E-state index in [9.17, 15) is 0 Å². The molecule has 0 spiro atoms. The van der Waals surface area contributed by atoms with Gasteiger partial charge in [0, 0.05) is 12.6 Å². The number of anilines is 1. The molecule has 1 atom stereocenters. The van der Waals surface area contributed by atoms with Crippen LogP contribution in [0.25, 0.3) is 0 Å². The van der Waals surface area contributed by atoms with E-state index in [2.05, 4.69) is 38.0 Å². The zero-order valence-corrected chi connectivity index (χ0v) is 10.6. The van der Waals surface area contributed by atoms with Crippen molar-refractivity contribution in [3.05, 3.63) is 3.92 Å². The molecule has 3 nitrogen and oxygen atoms in total. The number of aromatic nitrogens is 2. The van der Waals surface area contributed by atoms with Crippen LogP contribution in [-0.4, -0.2) is 22.8 Å². The number of hydrogen-bond donors (Lipinski definition) is 0. The van der Waals surface area contributed by atoms with Crippen molar-refractivity contribution < 1.29 is 0 Å². The van der Waals surface area contributed by atoms with Crippen LogP contribution in [0.3, 0.4) is 0 Å². The first-order chi connectivity index (χ1) is 6.81. The first-order valence-corrected chi connectivity index (χ1v) is 6.68. The van der Waals surface area contributed by atoms with E-state index in [4.69, 9.17) is 0 Å². The van der Waals surface area contributed by atoms with Gasteiger partial charge in [0.25, 0.3) is 0 Å². The number of hydrogen-bond acceptors (Lipinski definition) is 4. The Labute approximate surface area is 96.7 Å². The molecule has 1 aromatic rings. The fourth-order valence-electron chi connectivity index (χ4n) is 1.99. The molecule has 1 fully saturated rings. The SMILES string of the molecule is CCC1CCCCN1c1nnc(Br)s1. The van der Waals surface area contributed by atoms with Crippen LogP contribution in [0.4, 0.5) is 5.13 Å². The second-order valence-electron chi connectivity index (χ2n) is 3.59. The first kappa shape index (κ1) is 10.4. The van der Waals surface area contributed by atoms with Gasteiger partial charge < -0.3 is 4.90 Å². The summed E-state index contributed by atoms with van der Waals surface area (Å²) in [4.78, 5) is 2.41. The Morgan fingerprint density at radius 1 is 1.50 bits per heavy atom. The number of piperidine rings is 1.